The van der Waals surface area contributed by atoms with Crippen LogP contribution in [0.1, 0.15) is 45.3 Å². The highest BCUT2D eigenvalue weighted by Crippen LogP contribution is 2.58. The van der Waals surface area contributed by atoms with Crippen LogP contribution in [0.2, 0.25) is 0 Å². The Hall–Kier alpha value is -3.48. The fourth-order valence-electron chi connectivity index (χ4n) is 5.99. The third-order valence-electron chi connectivity index (χ3n) is 7.69. The molecule has 2 saturated carbocycles. The van der Waals surface area contributed by atoms with E-state index in [1.165, 1.54) is 4.57 Å². The van der Waals surface area contributed by atoms with Crippen LogP contribution >= 0.6 is 0 Å². The first-order chi connectivity index (χ1) is 17.5. The summed E-state index contributed by atoms with van der Waals surface area (Å²) in [5.41, 5.74) is -2.98. The zero-order valence-corrected chi connectivity index (χ0v) is 19.2. The van der Waals surface area contributed by atoms with Gasteiger partial charge in [0.1, 0.15) is 17.2 Å². The number of rotatable bonds is 4. The van der Waals surface area contributed by atoms with E-state index in [0.717, 1.165) is 19.7 Å². The van der Waals surface area contributed by atoms with E-state index >= 15 is 0 Å². The second kappa shape index (κ2) is 8.01. The Balaban J connectivity index is 1.37. The van der Waals surface area contributed by atoms with Crippen LogP contribution in [0.25, 0.3) is 0 Å². The molecule has 3 heterocycles. The number of ether oxygens (including phenoxy) is 2. The molecule has 3 fully saturated rings. The summed E-state index contributed by atoms with van der Waals surface area (Å²) in [6.07, 6.45) is -3.17. The van der Waals surface area contributed by atoms with Gasteiger partial charge in [-0.05, 0) is 30.7 Å². The molecule has 2 amide bonds. The fraction of sp³-hybridized carbons (Fsp3) is 0.458. The van der Waals surface area contributed by atoms with Crippen molar-refractivity contribution in [2.45, 2.75) is 50.0 Å². The molecule has 13 heteroatoms. The van der Waals surface area contributed by atoms with Gasteiger partial charge in [0.05, 0.1) is 19.8 Å². The lowest BCUT2D eigenvalue weighted by atomic mass is 10.0. The Bertz CT molecular complexity index is 1390. The van der Waals surface area contributed by atoms with Gasteiger partial charge in [0.15, 0.2) is 23.7 Å². The highest BCUT2D eigenvalue weighted by atomic mass is 19.4. The molecule has 2 aliphatic heterocycles. The maximum Gasteiger partial charge on any atom is 0.412 e. The standard InChI is InChI=1S/C24H20F5N3O5/c1-36-20-18-23(35)32-15-6-16(12-5-11(12)15)37-17(32)8-31(18)7-13(19(20)33)22(34)30-21(24(27,28)29)10-3-2-9(25)4-14(10)26/h2-4,7,11-12,15-17,21H,5-6,8H2,1H3,(H,30,34)/t11-,12+,15?,16?,17-,21-/m0/s1. The van der Waals surface area contributed by atoms with Crippen LogP contribution in [0.15, 0.2) is 29.2 Å². The van der Waals surface area contributed by atoms with Crippen molar-refractivity contribution >= 4 is 11.8 Å². The highest BCUT2D eigenvalue weighted by Gasteiger charge is 2.63. The molecule has 6 atom stereocenters. The second-order valence-corrected chi connectivity index (χ2v) is 9.73. The molecule has 1 aromatic carbocycles. The SMILES string of the molecule is COc1c2n(cc(C(=O)N[C@@H](c3ccc(F)cc3F)C(F)(F)F)c1=O)C[C@@H]1OC3CC([C@H]4C[C@@H]34)N1C2=O. The summed E-state index contributed by atoms with van der Waals surface area (Å²) in [5.74, 6) is -4.38. The molecule has 2 aromatic rings. The van der Waals surface area contributed by atoms with Crippen LogP contribution in [-0.2, 0) is 11.3 Å². The zero-order chi connectivity index (χ0) is 26.4. The van der Waals surface area contributed by atoms with Crippen LogP contribution < -0.4 is 15.5 Å². The van der Waals surface area contributed by atoms with Crippen molar-refractivity contribution in [3.63, 3.8) is 0 Å². The highest BCUT2D eigenvalue weighted by molar-refractivity contribution is 5.99. The monoisotopic (exact) mass is 525 g/mol. The van der Waals surface area contributed by atoms with Crippen LogP contribution in [-0.4, -0.2) is 52.9 Å². The minimum absolute atomic E-state index is 0.00722. The number of nitrogens with zero attached hydrogens (tertiary/aromatic N) is 2. The molecule has 1 N–H and O–H groups in total. The molecule has 2 aliphatic carbocycles. The number of benzene rings is 1. The maximum absolute atomic E-state index is 14.2. The molecule has 6 rings (SSSR count). The van der Waals surface area contributed by atoms with Gasteiger partial charge in [0.2, 0.25) is 5.43 Å². The summed E-state index contributed by atoms with van der Waals surface area (Å²) in [6.45, 7) is 0.0414. The van der Waals surface area contributed by atoms with Crippen molar-refractivity contribution < 1.29 is 41.0 Å². The largest absolute Gasteiger partial charge is 0.491 e. The van der Waals surface area contributed by atoms with Gasteiger partial charge in [-0.15, -0.1) is 0 Å². The molecule has 8 nitrogen and oxygen atoms in total. The van der Waals surface area contributed by atoms with Crippen molar-refractivity contribution in [1.29, 1.82) is 0 Å². The summed E-state index contributed by atoms with van der Waals surface area (Å²) >= 11 is 0. The number of carbonyl (C=O) groups excluding carboxylic acids is 2. The fourth-order valence-corrected chi connectivity index (χ4v) is 5.99. The smallest absolute Gasteiger partial charge is 0.412 e. The number of methoxy groups -OCH3 is 1. The van der Waals surface area contributed by atoms with E-state index in [-0.39, 0.29) is 30.5 Å². The molecule has 0 radical (unpaired) electrons. The zero-order valence-electron chi connectivity index (χ0n) is 19.2. The third-order valence-corrected chi connectivity index (χ3v) is 7.69. The summed E-state index contributed by atoms with van der Waals surface area (Å²) < 4.78 is 81.3. The Kier molecular flexibility index (Phi) is 5.17. The summed E-state index contributed by atoms with van der Waals surface area (Å²) in [6, 6.07) is -1.45. The number of carbonyl (C=O) groups is 2. The van der Waals surface area contributed by atoms with E-state index in [0.29, 0.717) is 30.4 Å². The topological polar surface area (TPSA) is 89.9 Å². The van der Waals surface area contributed by atoms with E-state index in [4.69, 9.17) is 9.47 Å². The van der Waals surface area contributed by atoms with E-state index in [2.05, 4.69) is 0 Å². The number of halogens is 5. The Morgan fingerprint density at radius 3 is 2.62 bits per heavy atom. The van der Waals surface area contributed by atoms with Gasteiger partial charge in [-0.1, -0.05) is 6.07 Å². The Morgan fingerprint density at radius 2 is 1.95 bits per heavy atom. The van der Waals surface area contributed by atoms with E-state index < -0.39 is 64.2 Å². The summed E-state index contributed by atoms with van der Waals surface area (Å²) in [7, 11) is 1.11. The first kappa shape index (κ1) is 23.9. The molecule has 196 valence electrons. The minimum Gasteiger partial charge on any atom is -0.491 e. The van der Waals surface area contributed by atoms with Gasteiger partial charge in [0, 0.05) is 23.9 Å². The quantitative estimate of drug-likeness (QED) is 0.621. The number of hydrogen-bond acceptors (Lipinski definition) is 5. The molecule has 2 bridgehead atoms. The summed E-state index contributed by atoms with van der Waals surface area (Å²) in [4.78, 5) is 41.1. The average Bonchev–Trinajstić information content (AvgIpc) is 3.57. The van der Waals surface area contributed by atoms with E-state index in [1.807, 2.05) is 0 Å². The van der Waals surface area contributed by atoms with Crippen LogP contribution in [0.4, 0.5) is 22.0 Å². The predicted molar refractivity (Wildman–Crippen MR) is 115 cm³/mol. The van der Waals surface area contributed by atoms with Crippen molar-refractivity contribution in [2.24, 2.45) is 11.8 Å². The molecule has 1 saturated heterocycles. The molecule has 4 aliphatic rings. The number of alkyl halides is 3. The van der Waals surface area contributed by atoms with Gasteiger partial charge in [-0.2, -0.15) is 13.2 Å². The van der Waals surface area contributed by atoms with Gasteiger partial charge in [-0.25, -0.2) is 8.78 Å². The Morgan fingerprint density at radius 1 is 1.19 bits per heavy atom. The first-order valence-electron chi connectivity index (χ1n) is 11.6. The van der Waals surface area contributed by atoms with Crippen LogP contribution in [0, 0.1) is 23.5 Å². The number of hydrogen-bond donors (Lipinski definition) is 1. The van der Waals surface area contributed by atoms with E-state index in [1.54, 1.807) is 10.2 Å². The first-order valence-corrected chi connectivity index (χ1v) is 11.6. The van der Waals surface area contributed by atoms with Gasteiger partial charge in [0.25, 0.3) is 11.8 Å². The second-order valence-electron chi connectivity index (χ2n) is 9.73. The molecular formula is C24H20F5N3O5. The van der Waals surface area contributed by atoms with Crippen LogP contribution in [0.3, 0.4) is 0 Å². The molecule has 37 heavy (non-hydrogen) atoms. The van der Waals surface area contributed by atoms with Crippen molar-refractivity contribution in [3.8, 4) is 5.75 Å². The molecule has 0 spiro atoms. The van der Waals surface area contributed by atoms with Crippen LogP contribution in [0.5, 0.6) is 5.75 Å². The van der Waals surface area contributed by atoms with Gasteiger partial charge < -0.3 is 24.3 Å². The normalized spacial score (nSPS) is 28.2. The van der Waals surface area contributed by atoms with Gasteiger partial charge >= 0.3 is 6.18 Å². The third kappa shape index (κ3) is 3.62. The van der Waals surface area contributed by atoms with Gasteiger partial charge in [-0.3, -0.25) is 14.4 Å². The number of amides is 2. The maximum atomic E-state index is 14.2. The number of nitrogens with one attached hydrogen (secondary N) is 1. The summed E-state index contributed by atoms with van der Waals surface area (Å²) in [5, 5.41) is 1.63. The Labute approximate surface area is 205 Å². The molecular weight excluding hydrogens is 505 g/mol. The lowest BCUT2D eigenvalue weighted by Gasteiger charge is -2.45. The minimum atomic E-state index is -5.17. The van der Waals surface area contributed by atoms with Crippen molar-refractivity contribution in [3.05, 3.63) is 63.1 Å². The number of fused-ring (bicyclic) bond motifs is 8. The molecule has 2 unspecified atom stereocenters. The lowest BCUT2D eigenvalue weighted by molar-refractivity contribution is -0.155. The van der Waals surface area contributed by atoms with Crippen molar-refractivity contribution in [2.75, 3.05) is 7.11 Å². The van der Waals surface area contributed by atoms with E-state index in [9.17, 15) is 36.3 Å². The predicted octanol–water partition coefficient (Wildman–Crippen LogP) is 2.76. The lowest BCUT2D eigenvalue weighted by Crippen LogP contribution is -2.58. The number of pyridine rings is 1. The van der Waals surface area contributed by atoms with Crippen molar-refractivity contribution in [1.82, 2.24) is 14.8 Å². The molecule has 1 aromatic heterocycles. The average molecular weight is 525 g/mol. The number of aromatic nitrogens is 1.